The summed E-state index contributed by atoms with van der Waals surface area (Å²) in [6, 6.07) is 19.0. The molecule has 0 aliphatic heterocycles. The van der Waals surface area contributed by atoms with E-state index in [0.717, 1.165) is 17.7 Å². The molecule has 2 N–H and O–H groups in total. The Balaban J connectivity index is 1.65. The number of rotatable bonds is 7. The van der Waals surface area contributed by atoms with Gasteiger partial charge in [-0.3, -0.25) is 9.59 Å². The molecule has 3 rings (SSSR count). The number of ether oxygens (including phenoxy) is 1. The Morgan fingerprint density at radius 1 is 0.933 bits per heavy atom. The number of hydrogen-bond acceptors (Lipinski definition) is 3. The highest BCUT2D eigenvalue weighted by Crippen LogP contribution is 2.20. The lowest BCUT2D eigenvalue weighted by atomic mass is 10.1. The molecule has 0 fully saturated rings. The molecule has 3 aromatic carbocycles. The average Bonchev–Trinajstić information content (AvgIpc) is 2.75. The van der Waals surface area contributed by atoms with Crippen LogP contribution in [0.25, 0.3) is 0 Å². The molecule has 0 saturated carbocycles. The Labute approximate surface area is 172 Å². The lowest BCUT2D eigenvalue weighted by Gasteiger charge is -2.17. The van der Waals surface area contributed by atoms with Gasteiger partial charge in [0.25, 0.3) is 11.8 Å². The van der Waals surface area contributed by atoms with Crippen molar-refractivity contribution < 1.29 is 23.1 Å². The van der Waals surface area contributed by atoms with Crippen LogP contribution in [0.15, 0.2) is 72.8 Å². The Bertz CT molecular complexity index is 1040. The van der Waals surface area contributed by atoms with Crippen LogP contribution in [-0.4, -0.2) is 17.9 Å². The summed E-state index contributed by atoms with van der Waals surface area (Å²) in [6.45, 7) is 1.84. The van der Waals surface area contributed by atoms with Crippen molar-refractivity contribution >= 4 is 17.5 Å². The van der Waals surface area contributed by atoms with E-state index in [1.807, 2.05) is 30.3 Å². The number of halogens is 2. The first-order valence-corrected chi connectivity index (χ1v) is 9.28. The van der Waals surface area contributed by atoms with Crippen LogP contribution < -0.4 is 15.4 Å². The SMILES string of the molecule is C[C@@H](Oc1ccccc1C(=O)NCc1ccccc1)C(=O)Nc1ccc(F)c(F)c1. The predicted molar refractivity (Wildman–Crippen MR) is 109 cm³/mol. The average molecular weight is 410 g/mol. The number of nitrogens with one attached hydrogen (secondary N) is 2. The number of anilines is 1. The van der Waals surface area contributed by atoms with Crippen molar-refractivity contribution in [1.29, 1.82) is 0 Å². The van der Waals surface area contributed by atoms with Gasteiger partial charge in [-0.2, -0.15) is 0 Å². The van der Waals surface area contributed by atoms with Gasteiger partial charge in [0.1, 0.15) is 5.75 Å². The zero-order valence-corrected chi connectivity index (χ0v) is 16.2. The largest absolute Gasteiger partial charge is 0.480 e. The fourth-order valence-electron chi connectivity index (χ4n) is 2.69. The maximum Gasteiger partial charge on any atom is 0.265 e. The molecule has 0 heterocycles. The minimum absolute atomic E-state index is 0.100. The van der Waals surface area contributed by atoms with Gasteiger partial charge in [0, 0.05) is 18.3 Å². The van der Waals surface area contributed by atoms with E-state index in [9.17, 15) is 18.4 Å². The highest BCUT2D eigenvalue weighted by atomic mass is 19.2. The van der Waals surface area contributed by atoms with Gasteiger partial charge in [0.05, 0.1) is 5.56 Å². The van der Waals surface area contributed by atoms with Gasteiger partial charge in [-0.1, -0.05) is 42.5 Å². The summed E-state index contributed by atoms with van der Waals surface area (Å²) < 4.78 is 32.0. The van der Waals surface area contributed by atoms with Crippen LogP contribution in [0, 0.1) is 11.6 Å². The third-order valence-electron chi connectivity index (χ3n) is 4.29. The Hall–Kier alpha value is -3.74. The topological polar surface area (TPSA) is 67.4 Å². The zero-order valence-electron chi connectivity index (χ0n) is 16.2. The zero-order chi connectivity index (χ0) is 21.5. The Morgan fingerprint density at radius 2 is 1.63 bits per heavy atom. The molecule has 0 spiro atoms. The molecule has 0 aromatic heterocycles. The summed E-state index contributed by atoms with van der Waals surface area (Å²) in [5.74, 6) is -2.76. The van der Waals surface area contributed by atoms with Gasteiger partial charge in [-0.25, -0.2) is 8.78 Å². The molecule has 0 unspecified atom stereocenters. The highest BCUT2D eigenvalue weighted by Gasteiger charge is 2.19. The Kier molecular flexibility index (Phi) is 6.75. The van der Waals surface area contributed by atoms with Crippen LogP contribution in [-0.2, 0) is 11.3 Å². The van der Waals surface area contributed by atoms with E-state index in [-0.39, 0.29) is 22.9 Å². The number of carbonyl (C=O) groups excluding carboxylic acids is 2. The molecule has 154 valence electrons. The molecule has 0 aliphatic carbocycles. The minimum atomic E-state index is -1.07. The molecule has 0 radical (unpaired) electrons. The van der Waals surface area contributed by atoms with E-state index in [1.54, 1.807) is 24.3 Å². The van der Waals surface area contributed by atoms with Crippen molar-refractivity contribution in [3.63, 3.8) is 0 Å². The molecule has 3 aromatic rings. The summed E-state index contributed by atoms with van der Waals surface area (Å²) in [7, 11) is 0. The Morgan fingerprint density at radius 3 is 2.37 bits per heavy atom. The van der Waals surface area contributed by atoms with Gasteiger partial charge in [-0.05, 0) is 36.8 Å². The van der Waals surface area contributed by atoms with Crippen molar-refractivity contribution in [2.24, 2.45) is 0 Å². The number of amides is 2. The van der Waals surface area contributed by atoms with E-state index in [0.29, 0.717) is 6.54 Å². The number of carbonyl (C=O) groups is 2. The maximum atomic E-state index is 13.3. The van der Waals surface area contributed by atoms with Crippen molar-refractivity contribution in [2.75, 3.05) is 5.32 Å². The third-order valence-corrected chi connectivity index (χ3v) is 4.29. The fraction of sp³-hybridized carbons (Fsp3) is 0.130. The molecule has 0 saturated heterocycles. The molecule has 2 amide bonds. The van der Waals surface area contributed by atoms with Gasteiger partial charge in [0.15, 0.2) is 17.7 Å². The van der Waals surface area contributed by atoms with Crippen LogP contribution in [0.5, 0.6) is 5.75 Å². The second-order valence-corrected chi connectivity index (χ2v) is 6.54. The monoisotopic (exact) mass is 410 g/mol. The first kappa shape index (κ1) is 21.0. The van der Waals surface area contributed by atoms with E-state index in [2.05, 4.69) is 10.6 Å². The van der Waals surface area contributed by atoms with E-state index < -0.39 is 23.6 Å². The smallest absolute Gasteiger partial charge is 0.265 e. The summed E-state index contributed by atoms with van der Waals surface area (Å²) in [4.78, 5) is 24.9. The summed E-state index contributed by atoms with van der Waals surface area (Å²) >= 11 is 0. The fourth-order valence-corrected chi connectivity index (χ4v) is 2.69. The molecule has 0 bridgehead atoms. The van der Waals surface area contributed by atoms with Crippen LogP contribution in [0.3, 0.4) is 0 Å². The van der Waals surface area contributed by atoms with E-state index >= 15 is 0 Å². The standard InChI is InChI=1S/C23H20F2N2O3/c1-15(22(28)27-17-11-12-19(24)20(25)13-17)30-21-10-6-5-9-18(21)23(29)26-14-16-7-3-2-4-8-16/h2-13,15H,14H2,1H3,(H,26,29)(H,27,28)/t15-/m1/s1. The van der Waals surface area contributed by atoms with Gasteiger partial charge >= 0.3 is 0 Å². The van der Waals surface area contributed by atoms with Crippen molar-refractivity contribution in [3.8, 4) is 5.75 Å². The van der Waals surface area contributed by atoms with Crippen LogP contribution in [0.1, 0.15) is 22.8 Å². The first-order chi connectivity index (χ1) is 14.4. The summed E-state index contributed by atoms with van der Waals surface area (Å²) in [6.07, 6.45) is -0.985. The minimum Gasteiger partial charge on any atom is -0.480 e. The summed E-state index contributed by atoms with van der Waals surface area (Å²) in [5.41, 5.74) is 1.33. The van der Waals surface area contributed by atoms with Crippen molar-refractivity contribution in [1.82, 2.24) is 5.32 Å². The van der Waals surface area contributed by atoms with Crippen LogP contribution in [0.2, 0.25) is 0 Å². The third kappa shape index (κ3) is 5.41. The lowest BCUT2D eigenvalue weighted by Crippen LogP contribution is -2.31. The number of hydrogen-bond donors (Lipinski definition) is 2. The van der Waals surface area contributed by atoms with Crippen LogP contribution >= 0.6 is 0 Å². The highest BCUT2D eigenvalue weighted by molar-refractivity contribution is 5.97. The molecule has 7 heteroatoms. The second-order valence-electron chi connectivity index (χ2n) is 6.54. The second kappa shape index (κ2) is 9.65. The van der Waals surface area contributed by atoms with Gasteiger partial charge in [0.2, 0.25) is 0 Å². The maximum absolute atomic E-state index is 13.3. The molecule has 30 heavy (non-hydrogen) atoms. The number of benzene rings is 3. The van der Waals surface area contributed by atoms with E-state index in [1.165, 1.54) is 13.0 Å². The van der Waals surface area contributed by atoms with E-state index in [4.69, 9.17) is 4.74 Å². The predicted octanol–water partition coefficient (Wildman–Crippen LogP) is 4.30. The van der Waals surface area contributed by atoms with Gasteiger partial charge in [-0.15, -0.1) is 0 Å². The summed E-state index contributed by atoms with van der Waals surface area (Å²) in [5, 5.41) is 5.27. The lowest BCUT2D eigenvalue weighted by molar-refractivity contribution is -0.122. The quantitative estimate of drug-likeness (QED) is 0.610. The van der Waals surface area contributed by atoms with Crippen molar-refractivity contribution in [2.45, 2.75) is 19.6 Å². The number of para-hydroxylation sites is 1. The van der Waals surface area contributed by atoms with Crippen molar-refractivity contribution in [3.05, 3.63) is 95.6 Å². The van der Waals surface area contributed by atoms with Gasteiger partial charge < -0.3 is 15.4 Å². The molecular weight excluding hydrogens is 390 g/mol. The molecule has 0 aliphatic rings. The molecule has 1 atom stereocenters. The molecule has 5 nitrogen and oxygen atoms in total. The molecular formula is C23H20F2N2O3. The first-order valence-electron chi connectivity index (χ1n) is 9.28. The van der Waals surface area contributed by atoms with Crippen LogP contribution in [0.4, 0.5) is 14.5 Å². The normalized spacial score (nSPS) is 11.4.